The second-order valence-electron chi connectivity index (χ2n) is 4.89. The molecule has 0 saturated carbocycles. The molecule has 0 radical (unpaired) electrons. The second-order valence-corrected chi connectivity index (χ2v) is 4.89. The van der Waals surface area contributed by atoms with Gasteiger partial charge in [0.25, 0.3) is 0 Å². The topological polar surface area (TPSA) is 35.9 Å². The Bertz CT molecular complexity index is 359. The van der Waals surface area contributed by atoms with E-state index in [-0.39, 0.29) is 6.61 Å². The van der Waals surface area contributed by atoms with Crippen LogP contribution in [0.4, 0.5) is 5.69 Å². The van der Waals surface area contributed by atoms with E-state index in [1.807, 2.05) is 12.1 Å². The molecule has 106 valence electrons. The van der Waals surface area contributed by atoms with Gasteiger partial charge in [0.15, 0.2) is 0 Å². The molecule has 0 spiro atoms. The molecule has 1 fully saturated rings. The van der Waals surface area contributed by atoms with Crippen molar-refractivity contribution >= 4 is 5.69 Å². The van der Waals surface area contributed by atoms with Gasteiger partial charge in [-0.1, -0.05) is 6.92 Å². The van der Waals surface area contributed by atoms with E-state index in [1.54, 1.807) is 0 Å². The number of aliphatic hydroxyl groups excluding tert-OH is 1. The number of ether oxygens (including phenoxy) is 1. The zero-order valence-electron chi connectivity index (χ0n) is 11.7. The molecule has 1 aliphatic heterocycles. The van der Waals surface area contributed by atoms with Crippen LogP contribution in [0.25, 0.3) is 0 Å². The zero-order valence-corrected chi connectivity index (χ0v) is 11.7. The van der Waals surface area contributed by atoms with Crippen molar-refractivity contribution in [2.75, 3.05) is 50.8 Å². The van der Waals surface area contributed by atoms with Crippen LogP contribution in [0.5, 0.6) is 5.75 Å². The molecule has 4 heteroatoms. The summed E-state index contributed by atoms with van der Waals surface area (Å²) in [6.07, 6.45) is 1.04. The first-order valence-electron chi connectivity index (χ1n) is 7.14. The Morgan fingerprint density at radius 1 is 1.11 bits per heavy atom. The van der Waals surface area contributed by atoms with Gasteiger partial charge in [-0.2, -0.15) is 0 Å². The molecular formula is C15H24N2O2. The SMILES string of the molecule is CCCOc1ccc(N2CCN(CCO)CC2)cc1. The molecule has 1 N–H and O–H groups in total. The lowest BCUT2D eigenvalue weighted by Gasteiger charge is -2.35. The highest BCUT2D eigenvalue weighted by Gasteiger charge is 2.16. The summed E-state index contributed by atoms with van der Waals surface area (Å²) in [4.78, 5) is 4.69. The third-order valence-electron chi connectivity index (χ3n) is 3.46. The Hall–Kier alpha value is -1.26. The number of rotatable bonds is 6. The van der Waals surface area contributed by atoms with Gasteiger partial charge in [0.1, 0.15) is 5.75 Å². The molecule has 0 unspecified atom stereocenters. The van der Waals surface area contributed by atoms with Crippen LogP contribution >= 0.6 is 0 Å². The number of anilines is 1. The monoisotopic (exact) mass is 264 g/mol. The van der Waals surface area contributed by atoms with Gasteiger partial charge >= 0.3 is 0 Å². The zero-order chi connectivity index (χ0) is 13.5. The van der Waals surface area contributed by atoms with Gasteiger partial charge in [0.05, 0.1) is 13.2 Å². The summed E-state index contributed by atoms with van der Waals surface area (Å²) in [5.41, 5.74) is 1.26. The van der Waals surface area contributed by atoms with Gasteiger partial charge < -0.3 is 14.7 Å². The molecule has 0 aromatic heterocycles. The Labute approximate surface area is 115 Å². The van der Waals surface area contributed by atoms with Gasteiger partial charge in [-0.3, -0.25) is 4.90 Å². The quantitative estimate of drug-likeness (QED) is 0.846. The lowest BCUT2D eigenvalue weighted by Crippen LogP contribution is -2.47. The van der Waals surface area contributed by atoms with E-state index in [0.29, 0.717) is 0 Å². The van der Waals surface area contributed by atoms with Gasteiger partial charge in [-0.15, -0.1) is 0 Å². The summed E-state index contributed by atoms with van der Waals surface area (Å²) in [5, 5.41) is 8.93. The minimum absolute atomic E-state index is 0.253. The van der Waals surface area contributed by atoms with Crippen LogP contribution in [-0.4, -0.2) is 55.9 Å². The van der Waals surface area contributed by atoms with Crippen molar-refractivity contribution in [1.29, 1.82) is 0 Å². The highest BCUT2D eigenvalue weighted by Crippen LogP contribution is 2.20. The third kappa shape index (κ3) is 4.11. The molecule has 1 aromatic carbocycles. The summed E-state index contributed by atoms with van der Waals surface area (Å²) in [7, 11) is 0. The van der Waals surface area contributed by atoms with E-state index >= 15 is 0 Å². The molecular weight excluding hydrogens is 240 g/mol. The lowest BCUT2D eigenvalue weighted by atomic mass is 10.2. The molecule has 1 aromatic rings. The Morgan fingerprint density at radius 2 is 1.79 bits per heavy atom. The first-order chi connectivity index (χ1) is 9.33. The lowest BCUT2D eigenvalue weighted by molar-refractivity contribution is 0.189. The Morgan fingerprint density at radius 3 is 2.37 bits per heavy atom. The summed E-state index contributed by atoms with van der Waals surface area (Å²) in [6.45, 7) is 8.02. The first kappa shape index (κ1) is 14.2. The molecule has 19 heavy (non-hydrogen) atoms. The molecule has 1 aliphatic rings. The molecule has 0 bridgehead atoms. The van der Waals surface area contributed by atoms with Crippen molar-refractivity contribution in [3.05, 3.63) is 24.3 Å². The average molecular weight is 264 g/mol. The van der Waals surface area contributed by atoms with Crippen molar-refractivity contribution in [3.63, 3.8) is 0 Å². The number of hydrogen-bond donors (Lipinski definition) is 1. The summed E-state index contributed by atoms with van der Waals surface area (Å²) < 4.78 is 5.59. The highest BCUT2D eigenvalue weighted by molar-refractivity contribution is 5.49. The van der Waals surface area contributed by atoms with Crippen LogP contribution < -0.4 is 9.64 Å². The maximum atomic E-state index is 8.93. The van der Waals surface area contributed by atoms with Gasteiger partial charge in [0, 0.05) is 38.4 Å². The number of piperazine rings is 1. The van der Waals surface area contributed by atoms with Crippen LogP contribution in [0.3, 0.4) is 0 Å². The smallest absolute Gasteiger partial charge is 0.119 e. The van der Waals surface area contributed by atoms with Crippen LogP contribution in [0.2, 0.25) is 0 Å². The number of aliphatic hydroxyl groups is 1. The normalized spacial score (nSPS) is 16.6. The van der Waals surface area contributed by atoms with Crippen LogP contribution in [0.15, 0.2) is 24.3 Å². The van der Waals surface area contributed by atoms with E-state index in [4.69, 9.17) is 9.84 Å². The Kier molecular flexibility index (Phi) is 5.48. The molecule has 0 atom stereocenters. The van der Waals surface area contributed by atoms with E-state index in [2.05, 4.69) is 28.9 Å². The predicted octanol–water partition coefficient (Wildman–Crippen LogP) is 1.59. The Balaban J connectivity index is 1.85. The largest absolute Gasteiger partial charge is 0.494 e. The number of nitrogens with zero attached hydrogens (tertiary/aromatic N) is 2. The standard InChI is InChI=1S/C15H24N2O2/c1-2-13-19-15-5-3-14(4-6-15)17-9-7-16(8-10-17)11-12-18/h3-6,18H,2,7-13H2,1H3. The van der Waals surface area contributed by atoms with Gasteiger partial charge in [-0.25, -0.2) is 0 Å². The highest BCUT2D eigenvalue weighted by atomic mass is 16.5. The summed E-state index contributed by atoms with van der Waals surface area (Å²) in [5.74, 6) is 0.949. The van der Waals surface area contributed by atoms with Crippen molar-refractivity contribution in [2.24, 2.45) is 0 Å². The maximum Gasteiger partial charge on any atom is 0.119 e. The van der Waals surface area contributed by atoms with Gasteiger partial charge in [-0.05, 0) is 30.7 Å². The fourth-order valence-corrected chi connectivity index (χ4v) is 2.34. The minimum atomic E-state index is 0.253. The predicted molar refractivity (Wildman–Crippen MR) is 78.0 cm³/mol. The average Bonchev–Trinajstić information content (AvgIpc) is 2.47. The van der Waals surface area contributed by atoms with E-state index < -0.39 is 0 Å². The molecule has 0 amide bonds. The second kappa shape index (κ2) is 7.36. The number of hydrogen-bond acceptors (Lipinski definition) is 4. The van der Waals surface area contributed by atoms with Crippen LogP contribution in [-0.2, 0) is 0 Å². The van der Waals surface area contributed by atoms with Crippen molar-refractivity contribution < 1.29 is 9.84 Å². The van der Waals surface area contributed by atoms with Crippen molar-refractivity contribution in [2.45, 2.75) is 13.3 Å². The molecule has 1 saturated heterocycles. The van der Waals surface area contributed by atoms with Crippen molar-refractivity contribution in [3.8, 4) is 5.75 Å². The summed E-state index contributed by atoms with van der Waals surface area (Å²) >= 11 is 0. The van der Waals surface area contributed by atoms with Crippen LogP contribution in [0.1, 0.15) is 13.3 Å². The van der Waals surface area contributed by atoms with E-state index in [1.165, 1.54) is 5.69 Å². The molecule has 2 rings (SSSR count). The number of β-amino-alcohol motifs (C(OH)–C–C–N with tert-alkyl or cyclic N) is 1. The molecule has 1 heterocycles. The fraction of sp³-hybridized carbons (Fsp3) is 0.600. The summed E-state index contributed by atoms with van der Waals surface area (Å²) in [6, 6.07) is 8.36. The van der Waals surface area contributed by atoms with E-state index in [0.717, 1.165) is 51.5 Å². The fourth-order valence-electron chi connectivity index (χ4n) is 2.34. The van der Waals surface area contributed by atoms with E-state index in [9.17, 15) is 0 Å². The first-order valence-corrected chi connectivity index (χ1v) is 7.14. The maximum absolute atomic E-state index is 8.93. The number of benzene rings is 1. The molecule has 4 nitrogen and oxygen atoms in total. The minimum Gasteiger partial charge on any atom is -0.494 e. The van der Waals surface area contributed by atoms with Crippen molar-refractivity contribution in [1.82, 2.24) is 4.90 Å². The van der Waals surface area contributed by atoms with Crippen LogP contribution in [0, 0.1) is 0 Å². The third-order valence-corrected chi connectivity index (χ3v) is 3.46. The van der Waals surface area contributed by atoms with Gasteiger partial charge in [0.2, 0.25) is 0 Å². The molecule has 0 aliphatic carbocycles.